The van der Waals surface area contributed by atoms with Crippen LogP contribution in [-0.2, 0) is 19.9 Å². The molecule has 1 heterocycles. The lowest BCUT2D eigenvalue weighted by molar-refractivity contribution is 0.482. The summed E-state index contributed by atoms with van der Waals surface area (Å²) in [7, 11) is 1.96. The molecule has 1 aromatic heterocycles. The average Bonchev–Trinajstić information content (AvgIpc) is 2.82. The first-order chi connectivity index (χ1) is 9.69. The minimum absolute atomic E-state index is 0.163. The molecular formula is C16H22FN3. The van der Waals surface area contributed by atoms with Gasteiger partial charge in [0.25, 0.3) is 0 Å². The van der Waals surface area contributed by atoms with E-state index in [1.165, 1.54) is 11.8 Å². The Morgan fingerprint density at radius 1 is 1.35 bits per heavy atom. The van der Waals surface area contributed by atoms with Crippen LogP contribution < -0.4 is 5.32 Å². The smallest absolute Gasteiger partial charge is 0.123 e. The lowest BCUT2D eigenvalue weighted by atomic mass is 10.0. The second-order valence-corrected chi connectivity index (χ2v) is 5.07. The third kappa shape index (κ3) is 4.17. The van der Waals surface area contributed by atoms with Crippen molar-refractivity contribution in [1.82, 2.24) is 15.1 Å². The minimum Gasteiger partial charge on any atom is -0.314 e. The predicted octanol–water partition coefficient (Wildman–Crippen LogP) is 2.71. The largest absolute Gasteiger partial charge is 0.314 e. The van der Waals surface area contributed by atoms with Crippen molar-refractivity contribution in [3.8, 4) is 0 Å². The summed E-state index contributed by atoms with van der Waals surface area (Å²) in [6, 6.07) is 9.27. The Kier molecular flexibility index (Phi) is 5.30. The van der Waals surface area contributed by atoms with E-state index in [1.807, 2.05) is 30.1 Å². The normalized spacial score (nSPS) is 12.6. The summed E-state index contributed by atoms with van der Waals surface area (Å²) in [5.74, 6) is -0.163. The van der Waals surface area contributed by atoms with Crippen molar-refractivity contribution >= 4 is 0 Å². The number of hydrogen-bond acceptors (Lipinski definition) is 2. The van der Waals surface area contributed by atoms with Gasteiger partial charge in [0.15, 0.2) is 0 Å². The van der Waals surface area contributed by atoms with E-state index >= 15 is 0 Å². The van der Waals surface area contributed by atoms with Crippen molar-refractivity contribution in [1.29, 1.82) is 0 Å². The molecule has 0 fully saturated rings. The molecule has 0 saturated heterocycles. The minimum atomic E-state index is -0.163. The van der Waals surface area contributed by atoms with E-state index in [4.69, 9.17) is 0 Å². The van der Waals surface area contributed by atoms with Gasteiger partial charge >= 0.3 is 0 Å². The number of benzene rings is 1. The van der Waals surface area contributed by atoms with Crippen molar-refractivity contribution in [3.63, 3.8) is 0 Å². The van der Waals surface area contributed by atoms with Gasteiger partial charge in [0.2, 0.25) is 0 Å². The van der Waals surface area contributed by atoms with Gasteiger partial charge < -0.3 is 5.32 Å². The maximum absolute atomic E-state index is 13.2. The fourth-order valence-corrected chi connectivity index (χ4v) is 2.48. The summed E-state index contributed by atoms with van der Waals surface area (Å²) in [4.78, 5) is 0. The van der Waals surface area contributed by atoms with Crippen LogP contribution in [0.25, 0.3) is 0 Å². The number of nitrogens with one attached hydrogen (secondary N) is 1. The number of hydrogen-bond donors (Lipinski definition) is 1. The van der Waals surface area contributed by atoms with E-state index in [9.17, 15) is 4.39 Å². The second-order valence-electron chi connectivity index (χ2n) is 5.07. The van der Waals surface area contributed by atoms with Crippen LogP contribution in [0.15, 0.2) is 36.5 Å². The van der Waals surface area contributed by atoms with Gasteiger partial charge in [0.1, 0.15) is 5.82 Å². The summed E-state index contributed by atoms with van der Waals surface area (Å²) >= 11 is 0. The van der Waals surface area contributed by atoms with Gasteiger partial charge in [-0.2, -0.15) is 5.10 Å². The lowest BCUT2D eigenvalue weighted by Gasteiger charge is -2.18. The Hall–Kier alpha value is -1.68. The zero-order chi connectivity index (χ0) is 14.4. The molecule has 0 aliphatic carbocycles. The fraction of sp³-hybridized carbons (Fsp3) is 0.438. The van der Waals surface area contributed by atoms with Crippen molar-refractivity contribution in [2.75, 3.05) is 6.54 Å². The summed E-state index contributed by atoms with van der Waals surface area (Å²) in [5, 5.41) is 7.66. The van der Waals surface area contributed by atoms with Gasteiger partial charge in [0, 0.05) is 25.0 Å². The van der Waals surface area contributed by atoms with E-state index in [1.54, 1.807) is 12.1 Å². The van der Waals surface area contributed by atoms with Crippen LogP contribution in [-0.4, -0.2) is 22.4 Å². The summed E-state index contributed by atoms with van der Waals surface area (Å²) in [5.41, 5.74) is 2.27. The molecule has 0 bridgehead atoms. The van der Waals surface area contributed by atoms with Crippen LogP contribution in [0, 0.1) is 5.82 Å². The number of aryl methyl sites for hydroxylation is 2. The Morgan fingerprint density at radius 3 is 2.85 bits per heavy atom. The highest BCUT2D eigenvalue weighted by atomic mass is 19.1. The van der Waals surface area contributed by atoms with E-state index in [0.717, 1.165) is 31.4 Å². The third-order valence-electron chi connectivity index (χ3n) is 3.54. The molecule has 0 aliphatic rings. The SMILES string of the molecule is CCNC(CCc1ccnn1C)Cc1cccc(F)c1. The monoisotopic (exact) mass is 275 g/mol. The topological polar surface area (TPSA) is 29.9 Å². The van der Waals surface area contributed by atoms with E-state index in [-0.39, 0.29) is 5.82 Å². The average molecular weight is 275 g/mol. The van der Waals surface area contributed by atoms with Gasteiger partial charge in [-0.05, 0) is 49.6 Å². The first kappa shape index (κ1) is 14.7. The van der Waals surface area contributed by atoms with Crippen molar-refractivity contribution in [2.45, 2.75) is 32.2 Å². The Bertz CT molecular complexity index is 536. The number of nitrogens with zero attached hydrogens (tertiary/aromatic N) is 2. The summed E-state index contributed by atoms with van der Waals surface area (Å²) < 4.78 is 15.1. The van der Waals surface area contributed by atoms with Crippen LogP contribution in [0.5, 0.6) is 0 Å². The zero-order valence-electron chi connectivity index (χ0n) is 12.1. The molecule has 2 rings (SSSR count). The highest BCUT2D eigenvalue weighted by Crippen LogP contribution is 2.11. The third-order valence-corrected chi connectivity index (χ3v) is 3.54. The summed E-state index contributed by atoms with van der Waals surface area (Å²) in [6.45, 7) is 3.02. The molecule has 0 radical (unpaired) electrons. The standard InChI is InChI=1S/C16H22FN3/c1-3-18-15(7-8-16-9-10-19-20(16)2)12-13-5-4-6-14(17)11-13/h4-6,9-11,15,18H,3,7-8,12H2,1-2H3. The second kappa shape index (κ2) is 7.20. The molecule has 1 unspecified atom stereocenters. The quantitative estimate of drug-likeness (QED) is 0.842. The highest BCUT2D eigenvalue weighted by molar-refractivity contribution is 5.17. The number of rotatable bonds is 7. The molecule has 0 amide bonds. The zero-order valence-corrected chi connectivity index (χ0v) is 12.1. The molecular weight excluding hydrogens is 253 g/mol. The van der Waals surface area contributed by atoms with Gasteiger partial charge in [-0.25, -0.2) is 4.39 Å². The maximum atomic E-state index is 13.2. The molecule has 4 heteroatoms. The van der Waals surface area contributed by atoms with Crippen LogP contribution in [0.4, 0.5) is 4.39 Å². The lowest BCUT2D eigenvalue weighted by Crippen LogP contribution is -2.31. The first-order valence-corrected chi connectivity index (χ1v) is 7.13. The molecule has 108 valence electrons. The molecule has 1 N–H and O–H groups in total. The van der Waals surface area contributed by atoms with Crippen LogP contribution in [0.1, 0.15) is 24.6 Å². The Labute approximate surface area is 119 Å². The van der Waals surface area contributed by atoms with Crippen LogP contribution in [0.3, 0.4) is 0 Å². The van der Waals surface area contributed by atoms with E-state index < -0.39 is 0 Å². The molecule has 0 aliphatic heterocycles. The van der Waals surface area contributed by atoms with Crippen LogP contribution in [0.2, 0.25) is 0 Å². The number of aromatic nitrogens is 2. The predicted molar refractivity (Wildman–Crippen MR) is 79.1 cm³/mol. The van der Waals surface area contributed by atoms with E-state index in [2.05, 4.69) is 17.3 Å². The van der Waals surface area contributed by atoms with Crippen molar-refractivity contribution in [2.24, 2.45) is 7.05 Å². The van der Waals surface area contributed by atoms with Crippen molar-refractivity contribution < 1.29 is 4.39 Å². The molecule has 0 spiro atoms. The molecule has 0 saturated carbocycles. The van der Waals surface area contributed by atoms with Gasteiger partial charge in [0.05, 0.1) is 0 Å². The number of likely N-dealkylation sites (N-methyl/N-ethyl adjacent to an activating group) is 1. The van der Waals surface area contributed by atoms with Gasteiger partial charge in [-0.1, -0.05) is 19.1 Å². The maximum Gasteiger partial charge on any atom is 0.123 e. The molecule has 1 aromatic carbocycles. The molecule has 3 nitrogen and oxygen atoms in total. The molecule has 20 heavy (non-hydrogen) atoms. The van der Waals surface area contributed by atoms with Gasteiger partial charge in [-0.3, -0.25) is 4.68 Å². The Morgan fingerprint density at radius 2 is 2.20 bits per heavy atom. The summed E-state index contributed by atoms with van der Waals surface area (Å²) in [6.07, 6.45) is 4.67. The van der Waals surface area contributed by atoms with Crippen molar-refractivity contribution in [3.05, 3.63) is 53.6 Å². The van der Waals surface area contributed by atoms with Gasteiger partial charge in [-0.15, -0.1) is 0 Å². The van der Waals surface area contributed by atoms with Crippen LogP contribution >= 0.6 is 0 Å². The molecule has 1 atom stereocenters. The highest BCUT2D eigenvalue weighted by Gasteiger charge is 2.10. The fourth-order valence-electron chi connectivity index (χ4n) is 2.48. The Balaban J connectivity index is 1.95. The molecule has 2 aromatic rings. The number of halogens is 1. The van der Waals surface area contributed by atoms with E-state index in [0.29, 0.717) is 6.04 Å². The first-order valence-electron chi connectivity index (χ1n) is 7.13.